The summed E-state index contributed by atoms with van der Waals surface area (Å²) in [4.78, 5) is 15.4. The molecular formula is C25H33N5O3. The van der Waals surface area contributed by atoms with E-state index in [1.807, 2.05) is 12.1 Å². The maximum Gasteiger partial charge on any atom is 0.243 e. The molecule has 5 rings (SSSR count). The van der Waals surface area contributed by atoms with Crippen molar-refractivity contribution in [3.8, 4) is 11.5 Å². The predicted molar refractivity (Wildman–Crippen MR) is 127 cm³/mol. The first-order valence-electron chi connectivity index (χ1n) is 11.7. The Bertz CT molecular complexity index is 990. The minimum Gasteiger partial charge on any atom is -0.497 e. The van der Waals surface area contributed by atoms with Crippen molar-refractivity contribution in [1.29, 1.82) is 0 Å². The topological polar surface area (TPSA) is 78.1 Å². The number of likely N-dealkylation sites (tertiary alicyclic amines) is 1. The number of carbonyl (C=O) groups is 1. The van der Waals surface area contributed by atoms with E-state index < -0.39 is 0 Å². The maximum absolute atomic E-state index is 13.0. The molecule has 3 aliphatic rings. The summed E-state index contributed by atoms with van der Waals surface area (Å²) in [6, 6.07) is 14.6. The molecule has 0 saturated carbocycles. The molecule has 3 N–H and O–H groups in total. The van der Waals surface area contributed by atoms with Crippen LogP contribution in [-0.4, -0.2) is 57.2 Å². The van der Waals surface area contributed by atoms with Crippen LogP contribution in [0.25, 0.3) is 0 Å². The molecule has 1 amide bonds. The number of anilines is 1. The van der Waals surface area contributed by atoms with E-state index in [1.165, 1.54) is 24.0 Å². The van der Waals surface area contributed by atoms with Crippen LogP contribution >= 0.6 is 0 Å². The fourth-order valence-electron chi connectivity index (χ4n) is 5.23. The van der Waals surface area contributed by atoms with Gasteiger partial charge in [-0.1, -0.05) is 24.3 Å². The Morgan fingerprint density at radius 2 is 1.67 bits per heavy atom. The average molecular weight is 452 g/mol. The van der Waals surface area contributed by atoms with Crippen molar-refractivity contribution in [2.75, 3.05) is 39.4 Å². The van der Waals surface area contributed by atoms with E-state index in [9.17, 15) is 4.79 Å². The van der Waals surface area contributed by atoms with Crippen LogP contribution in [0.3, 0.4) is 0 Å². The van der Waals surface area contributed by atoms with E-state index in [2.05, 4.69) is 52.5 Å². The number of amides is 1. The number of hydrogen-bond donors (Lipinski definition) is 3. The van der Waals surface area contributed by atoms with Gasteiger partial charge in [0.1, 0.15) is 17.2 Å². The molecule has 0 aromatic heterocycles. The third kappa shape index (κ3) is 4.31. The molecule has 3 atom stereocenters. The third-order valence-corrected chi connectivity index (χ3v) is 7.25. The van der Waals surface area contributed by atoms with Gasteiger partial charge in [-0.25, -0.2) is 15.9 Å². The Morgan fingerprint density at radius 3 is 2.36 bits per heavy atom. The highest BCUT2D eigenvalue weighted by Crippen LogP contribution is 2.36. The van der Waals surface area contributed by atoms with Gasteiger partial charge >= 0.3 is 0 Å². The Morgan fingerprint density at radius 1 is 0.939 bits per heavy atom. The molecule has 176 valence electrons. The fraction of sp³-hybridized carbons (Fsp3) is 0.480. The number of nitrogens with zero attached hydrogens (tertiary/aromatic N) is 2. The fourth-order valence-corrected chi connectivity index (χ4v) is 5.23. The van der Waals surface area contributed by atoms with Gasteiger partial charge in [0.2, 0.25) is 5.91 Å². The zero-order valence-electron chi connectivity index (χ0n) is 19.5. The monoisotopic (exact) mass is 451 g/mol. The van der Waals surface area contributed by atoms with Crippen molar-refractivity contribution in [1.82, 2.24) is 21.2 Å². The summed E-state index contributed by atoms with van der Waals surface area (Å²) in [6.45, 7) is 2.32. The second kappa shape index (κ2) is 9.30. The smallest absolute Gasteiger partial charge is 0.243 e. The molecule has 3 aliphatic heterocycles. The number of rotatable bonds is 5. The molecular weight excluding hydrogens is 418 g/mol. The van der Waals surface area contributed by atoms with E-state index in [0.29, 0.717) is 29.5 Å². The van der Waals surface area contributed by atoms with E-state index in [4.69, 9.17) is 9.47 Å². The van der Waals surface area contributed by atoms with E-state index in [0.717, 1.165) is 13.1 Å². The number of hydrazine groups is 2. The summed E-state index contributed by atoms with van der Waals surface area (Å²) < 4.78 is 10.8. The Labute approximate surface area is 195 Å². The summed E-state index contributed by atoms with van der Waals surface area (Å²) in [5, 5.41) is 1.62. The lowest BCUT2D eigenvalue weighted by atomic mass is 9.87. The third-order valence-electron chi connectivity index (χ3n) is 7.25. The first-order chi connectivity index (χ1) is 16.1. The standard InChI is InChI=1S/C25H33N5O3/c1-29-12-10-17(11-13-29)16-4-6-18(7-5-16)24-25-20(26-27-24)15-23(31)30(28-25)21-9-8-19(32-2)14-22(21)33-3/h4-9,14,17,20,24-28H,10-13,15H2,1-3H3. The predicted octanol–water partition coefficient (Wildman–Crippen LogP) is 2.34. The summed E-state index contributed by atoms with van der Waals surface area (Å²) in [6.07, 6.45) is 2.82. The molecule has 33 heavy (non-hydrogen) atoms. The highest BCUT2D eigenvalue weighted by atomic mass is 16.5. The highest BCUT2D eigenvalue weighted by Gasteiger charge is 2.44. The number of hydrogen-bond acceptors (Lipinski definition) is 7. The minimum absolute atomic E-state index is 0.00715. The second-order valence-corrected chi connectivity index (χ2v) is 9.24. The molecule has 3 saturated heterocycles. The summed E-state index contributed by atoms with van der Waals surface area (Å²) in [5.74, 6) is 1.91. The summed E-state index contributed by atoms with van der Waals surface area (Å²) in [5.41, 5.74) is 13.5. The van der Waals surface area contributed by atoms with Crippen LogP contribution in [0.15, 0.2) is 42.5 Å². The molecule has 3 unspecified atom stereocenters. The largest absolute Gasteiger partial charge is 0.497 e. The summed E-state index contributed by atoms with van der Waals surface area (Å²) >= 11 is 0. The van der Waals surface area contributed by atoms with Gasteiger partial charge in [0.05, 0.1) is 26.3 Å². The van der Waals surface area contributed by atoms with E-state index in [-0.39, 0.29) is 24.0 Å². The molecule has 3 fully saturated rings. The van der Waals surface area contributed by atoms with Crippen molar-refractivity contribution in [3.63, 3.8) is 0 Å². The lowest BCUT2D eigenvalue weighted by Crippen LogP contribution is -2.60. The van der Waals surface area contributed by atoms with Gasteiger partial charge in [-0.2, -0.15) is 0 Å². The lowest BCUT2D eigenvalue weighted by molar-refractivity contribution is -0.121. The van der Waals surface area contributed by atoms with Crippen molar-refractivity contribution in [2.24, 2.45) is 0 Å². The number of carbonyl (C=O) groups excluding carboxylic acids is 1. The highest BCUT2D eigenvalue weighted by molar-refractivity contribution is 5.95. The van der Waals surface area contributed by atoms with Crippen molar-refractivity contribution in [2.45, 2.75) is 43.3 Å². The molecule has 0 radical (unpaired) electrons. The molecule has 2 aromatic rings. The van der Waals surface area contributed by atoms with Gasteiger partial charge < -0.3 is 14.4 Å². The molecule has 8 nitrogen and oxygen atoms in total. The van der Waals surface area contributed by atoms with Gasteiger partial charge in [0.25, 0.3) is 0 Å². The minimum atomic E-state index is -0.00715. The van der Waals surface area contributed by atoms with E-state index >= 15 is 0 Å². The van der Waals surface area contributed by atoms with Gasteiger partial charge in [-0.05, 0) is 62.2 Å². The Balaban J connectivity index is 1.34. The van der Waals surface area contributed by atoms with Crippen LogP contribution in [0.5, 0.6) is 11.5 Å². The van der Waals surface area contributed by atoms with Gasteiger partial charge in [0.15, 0.2) is 0 Å². The first-order valence-corrected chi connectivity index (χ1v) is 11.7. The van der Waals surface area contributed by atoms with Crippen LogP contribution in [-0.2, 0) is 4.79 Å². The maximum atomic E-state index is 13.0. The normalized spacial score (nSPS) is 26.3. The van der Waals surface area contributed by atoms with Crippen LogP contribution < -0.4 is 30.8 Å². The molecule has 0 spiro atoms. The van der Waals surface area contributed by atoms with Crippen LogP contribution in [0.1, 0.15) is 42.3 Å². The quantitative estimate of drug-likeness (QED) is 0.644. The Kier molecular flexibility index (Phi) is 6.25. The SMILES string of the molecule is COc1ccc(N2NC3C(CC2=O)NNC3c2ccc(C3CCN(C)CC3)cc2)c(OC)c1. The number of piperidine rings is 1. The van der Waals surface area contributed by atoms with E-state index in [1.54, 1.807) is 25.3 Å². The second-order valence-electron chi connectivity index (χ2n) is 9.24. The number of nitrogens with one attached hydrogen (secondary N) is 3. The average Bonchev–Trinajstić information content (AvgIpc) is 3.26. The number of methoxy groups -OCH3 is 2. The zero-order chi connectivity index (χ0) is 22.9. The molecule has 0 bridgehead atoms. The lowest BCUT2D eigenvalue weighted by Gasteiger charge is -2.37. The van der Waals surface area contributed by atoms with Gasteiger partial charge in [-0.15, -0.1) is 0 Å². The van der Waals surface area contributed by atoms with Gasteiger partial charge in [0, 0.05) is 18.5 Å². The van der Waals surface area contributed by atoms with Crippen molar-refractivity contribution >= 4 is 11.6 Å². The number of benzene rings is 2. The Hall–Kier alpha value is -2.65. The first kappa shape index (κ1) is 22.2. The van der Waals surface area contributed by atoms with Crippen molar-refractivity contribution in [3.05, 3.63) is 53.6 Å². The van der Waals surface area contributed by atoms with Crippen LogP contribution in [0, 0.1) is 0 Å². The molecule has 0 aliphatic carbocycles. The summed E-state index contributed by atoms with van der Waals surface area (Å²) in [7, 11) is 5.41. The van der Waals surface area contributed by atoms with Gasteiger partial charge in [-0.3, -0.25) is 10.2 Å². The van der Waals surface area contributed by atoms with Crippen LogP contribution in [0.4, 0.5) is 5.69 Å². The number of ether oxygens (including phenoxy) is 2. The zero-order valence-corrected chi connectivity index (χ0v) is 19.5. The van der Waals surface area contributed by atoms with Crippen molar-refractivity contribution < 1.29 is 14.3 Å². The number of fused-ring (bicyclic) bond motifs is 1. The molecule has 2 aromatic carbocycles. The molecule has 8 heteroatoms. The molecule has 3 heterocycles. The van der Waals surface area contributed by atoms with Crippen LogP contribution in [0.2, 0.25) is 0 Å².